The molecule has 0 saturated heterocycles. The van der Waals surface area contributed by atoms with Crippen LogP contribution in [0.15, 0.2) is 48.5 Å². The van der Waals surface area contributed by atoms with E-state index in [1.807, 2.05) is 62.5 Å². The van der Waals surface area contributed by atoms with E-state index in [2.05, 4.69) is 0 Å². The van der Waals surface area contributed by atoms with Gasteiger partial charge in [0.1, 0.15) is 5.75 Å². The Kier molecular flexibility index (Phi) is 5.42. The Bertz CT molecular complexity index is 623. The van der Waals surface area contributed by atoms with E-state index in [-0.39, 0.29) is 5.91 Å². The smallest absolute Gasteiger partial charge is 0.227 e. The molecular weight excluding hydrogens is 276 g/mol. The summed E-state index contributed by atoms with van der Waals surface area (Å²) in [5.74, 6) is 0.916. The minimum Gasteiger partial charge on any atom is -0.494 e. The Morgan fingerprint density at radius 3 is 2.50 bits per heavy atom. The number of amides is 1. The van der Waals surface area contributed by atoms with Crippen molar-refractivity contribution in [3.63, 3.8) is 0 Å². The van der Waals surface area contributed by atoms with Gasteiger partial charge in [0.15, 0.2) is 0 Å². The summed E-state index contributed by atoms with van der Waals surface area (Å²) in [7, 11) is 1.81. The van der Waals surface area contributed by atoms with Crippen LogP contribution in [0.3, 0.4) is 0 Å². The van der Waals surface area contributed by atoms with Crippen LogP contribution in [0.1, 0.15) is 18.1 Å². The van der Waals surface area contributed by atoms with Crippen LogP contribution in [-0.4, -0.2) is 24.5 Å². The van der Waals surface area contributed by atoms with Crippen LogP contribution in [0.5, 0.6) is 5.75 Å². The highest BCUT2D eigenvalue weighted by atomic mass is 16.5. The van der Waals surface area contributed by atoms with E-state index in [1.165, 1.54) is 0 Å². The van der Waals surface area contributed by atoms with Crippen molar-refractivity contribution in [3.05, 3.63) is 59.7 Å². The number of carbonyl (C=O) groups is 1. The van der Waals surface area contributed by atoms with Gasteiger partial charge in [-0.1, -0.05) is 24.3 Å². The van der Waals surface area contributed by atoms with Crippen molar-refractivity contribution in [1.29, 1.82) is 0 Å². The number of likely N-dealkylation sites (N-methyl/N-ethyl adjacent to an activating group) is 1. The third kappa shape index (κ3) is 4.52. The summed E-state index contributed by atoms with van der Waals surface area (Å²) < 4.78 is 5.41. The molecule has 0 bridgehead atoms. The first-order valence-electron chi connectivity index (χ1n) is 7.38. The van der Waals surface area contributed by atoms with E-state index in [4.69, 9.17) is 10.5 Å². The third-order valence-electron chi connectivity index (χ3n) is 3.39. The maximum atomic E-state index is 12.3. The van der Waals surface area contributed by atoms with Crippen molar-refractivity contribution in [2.24, 2.45) is 0 Å². The maximum absolute atomic E-state index is 12.3. The number of ether oxygens (including phenoxy) is 1. The minimum atomic E-state index is 0.0690. The largest absolute Gasteiger partial charge is 0.494 e. The molecule has 0 heterocycles. The summed E-state index contributed by atoms with van der Waals surface area (Å²) in [5, 5.41) is 0. The van der Waals surface area contributed by atoms with Gasteiger partial charge in [-0.2, -0.15) is 0 Å². The number of hydrogen-bond donors (Lipinski definition) is 1. The monoisotopic (exact) mass is 298 g/mol. The lowest BCUT2D eigenvalue weighted by atomic mass is 10.1. The van der Waals surface area contributed by atoms with Gasteiger partial charge in [-0.05, 0) is 42.3 Å². The molecule has 0 atom stereocenters. The van der Waals surface area contributed by atoms with Gasteiger partial charge < -0.3 is 15.4 Å². The van der Waals surface area contributed by atoms with Crippen LogP contribution < -0.4 is 10.5 Å². The number of nitrogens with zero attached hydrogens (tertiary/aromatic N) is 1. The quantitative estimate of drug-likeness (QED) is 0.834. The topological polar surface area (TPSA) is 55.6 Å². The third-order valence-corrected chi connectivity index (χ3v) is 3.39. The average Bonchev–Trinajstić information content (AvgIpc) is 2.49. The second kappa shape index (κ2) is 7.50. The lowest BCUT2D eigenvalue weighted by Crippen LogP contribution is -2.27. The molecule has 0 aliphatic carbocycles. The van der Waals surface area contributed by atoms with Crippen LogP contribution in [-0.2, 0) is 17.8 Å². The van der Waals surface area contributed by atoms with Gasteiger partial charge in [-0.25, -0.2) is 0 Å². The number of nitrogen functional groups attached to an aromatic ring is 1. The summed E-state index contributed by atoms with van der Waals surface area (Å²) in [6, 6.07) is 15.2. The van der Waals surface area contributed by atoms with E-state index in [0.717, 1.165) is 16.9 Å². The summed E-state index contributed by atoms with van der Waals surface area (Å²) in [6.45, 7) is 3.18. The summed E-state index contributed by atoms with van der Waals surface area (Å²) in [6.07, 6.45) is 0.360. The normalized spacial score (nSPS) is 10.3. The molecule has 2 aromatic rings. The molecule has 0 aliphatic heterocycles. The lowest BCUT2D eigenvalue weighted by molar-refractivity contribution is -0.129. The Morgan fingerprint density at radius 1 is 1.14 bits per heavy atom. The van der Waals surface area contributed by atoms with Gasteiger partial charge in [0.2, 0.25) is 5.91 Å². The fourth-order valence-electron chi connectivity index (χ4n) is 2.23. The number of rotatable bonds is 6. The number of benzene rings is 2. The zero-order chi connectivity index (χ0) is 15.9. The summed E-state index contributed by atoms with van der Waals surface area (Å²) in [5.41, 5.74) is 8.43. The van der Waals surface area contributed by atoms with Gasteiger partial charge in [0, 0.05) is 19.3 Å². The molecule has 0 radical (unpaired) electrons. The van der Waals surface area contributed by atoms with Gasteiger partial charge in [0.05, 0.1) is 13.0 Å². The standard InChI is InChI=1S/C18H22N2O2/c1-3-22-17-9-7-14(8-10-17)13-20(2)18(21)12-15-5-4-6-16(19)11-15/h4-11H,3,12-13,19H2,1-2H3. The SMILES string of the molecule is CCOc1ccc(CN(C)C(=O)Cc2cccc(N)c2)cc1. The molecule has 2 aromatic carbocycles. The second-order valence-corrected chi connectivity index (χ2v) is 5.25. The van der Waals surface area contributed by atoms with E-state index in [9.17, 15) is 4.79 Å². The van der Waals surface area contributed by atoms with Crippen LogP contribution in [0.4, 0.5) is 5.69 Å². The maximum Gasteiger partial charge on any atom is 0.227 e. The lowest BCUT2D eigenvalue weighted by Gasteiger charge is -2.17. The second-order valence-electron chi connectivity index (χ2n) is 5.25. The van der Waals surface area contributed by atoms with Gasteiger partial charge >= 0.3 is 0 Å². The molecule has 1 amide bonds. The van der Waals surface area contributed by atoms with E-state index < -0.39 is 0 Å². The first kappa shape index (κ1) is 15.9. The number of nitrogens with two attached hydrogens (primary N) is 1. The Labute approximate surface area is 131 Å². The summed E-state index contributed by atoms with van der Waals surface area (Å²) >= 11 is 0. The van der Waals surface area contributed by atoms with Gasteiger partial charge in [-0.3, -0.25) is 4.79 Å². The Hall–Kier alpha value is -2.49. The van der Waals surface area contributed by atoms with Crippen molar-refractivity contribution < 1.29 is 9.53 Å². The molecule has 4 nitrogen and oxygen atoms in total. The van der Waals surface area contributed by atoms with Crippen molar-refractivity contribution in [2.75, 3.05) is 19.4 Å². The predicted octanol–water partition coefficient (Wildman–Crippen LogP) is 2.87. The highest BCUT2D eigenvalue weighted by Crippen LogP contribution is 2.14. The van der Waals surface area contributed by atoms with Crippen molar-refractivity contribution in [1.82, 2.24) is 4.90 Å². The van der Waals surface area contributed by atoms with Crippen LogP contribution in [0, 0.1) is 0 Å². The molecule has 0 spiro atoms. The first-order valence-corrected chi connectivity index (χ1v) is 7.38. The molecule has 0 aromatic heterocycles. The minimum absolute atomic E-state index is 0.0690. The van der Waals surface area contributed by atoms with Crippen molar-refractivity contribution >= 4 is 11.6 Å². The molecule has 2 N–H and O–H groups in total. The fraction of sp³-hybridized carbons (Fsp3) is 0.278. The highest BCUT2D eigenvalue weighted by Gasteiger charge is 2.10. The van der Waals surface area contributed by atoms with Crippen molar-refractivity contribution in [3.8, 4) is 5.75 Å². The molecule has 0 fully saturated rings. The number of carbonyl (C=O) groups excluding carboxylic acids is 1. The van der Waals surface area contributed by atoms with Crippen LogP contribution in [0.2, 0.25) is 0 Å². The van der Waals surface area contributed by atoms with Crippen molar-refractivity contribution in [2.45, 2.75) is 19.9 Å². The molecule has 116 valence electrons. The molecule has 0 saturated carbocycles. The molecule has 2 rings (SSSR count). The molecule has 0 aliphatic rings. The average molecular weight is 298 g/mol. The van der Waals surface area contributed by atoms with Crippen LogP contribution in [0.25, 0.3) is 0 Å². The summed E-state index contributed by atoms with van der Waals surface area (Å²) in [4.78, 5) is 14.0. The highest BCUT2D eigenvalue weighted by molar-refractivity contribution is 5.78. The number of anilines is 1. The molecule has 22 heavy (non-hydrogen) atoms. The van der Waals surface area contributed by atoms with E-state index in [0.29, 0.717) is 25.3 Å². The Balaban J connectivity index is 1.93. The fourth-order valence-corrected chi connectivity index (χ4v) is 2.23. The van der Waals surface area contributed by atoms with E-state index >= 15 is 0 Å². The molecular formula is C18H22N2O2. The van der Waals surface area contributed by atoms with E-state index in [1.54, 1.807) is 4.90 Å². The molecule has 0 unspecified atom stereocenters. The Morgan fingerprint density at radius 2 is 1.86 bits per heavy atom. The zero-order valence-corrected chi connectivity index (χ0v) is 13.1. The first-order chi connectivity index (χ1) is 10.6. The number of hydrogen-bond acceptors (Lipinski definition) is 3. The predicted molar refractivity (Wildman–Crippen MR) is 88.6 cm³/mol. The van der Waals surface area contributed by atoms with Crippen LogP contribution >= 0.6 is 0 Å². The molecule has 4 heteroatoms. The zero-order valence-electron chi connectivity index (χ0n) is 13.1. The van der Waals surface area contributed by atoms with Gasteiger partial charge in [0.25, 0.3) is 0 Å². The van der Waals surface area contributed by atoms with Gasteiger partial charge in [-0.15, -0.1) is 0 Å².